The van der Waals surface area contributed by atoms with Gasteiger partial charge >= 0.3 is 0 Å². The summed E-state index contributed by atoms with van der Waals surface area (Å²) < 4.78 is 0. The van der Waals surface area contributed by atoms with E-state index in [0.29, 0.717) is 5.92 Å². The molecule has 0 bridgehead atoms. The van der Waals surface area contributed by atoms with Crippen LogP contribution in [0.1, 0.15) is 37.2 Å². The van der Waals surface area contributed by atoms with Gasteiger partial charge in [0.2, 0.25) is 0 Å². The summed E-state index contributed by atoms with van der Waals surface area (Å²) in [5, 5.41) is 4.70. The van der Waals surface area contributed by atoms with Gasteiger partial charge in [-0.15, -0.1) is 0 Å². The van der Waals surface area contributed by atoms with Crippen LogP contribution in [0.2, 0.25) is 5.02 Å². The second-order valence-electron chi connectivity index (χ2n) is 5.85. The molecule has 0 atom stereocenters. The molecule has 1 nitrogen and oxygen atoms in total. The molecule has 2 fully saturated rings. The van der Waals surface area contributed by atoms with Crippen molar-refractivity contribution in [3.05, 3.63) is 34.9 Å². The normalized spacial score (nSPS) is 28.1. The van der Waals surface area contributed by atoms with E-state index >= 15 is 0 Å². The number of halogens is 1. The molecule has 1 saturated heterocycles. The molecule has 19 heavy (non-hydrogen) atoms. The van der Waals surface area contributed by atoms with Gasteiger partial charge in [-0.05, 0) is 67.2 Å². The number of hydrogen-bond donors (Lipinski definition) is 1. The molecule has 2 aliphatic rings. The Hall–Kier alpha value is -0.180. The van der Waals surface area contributed by atoms with E-state index in [4.69, 9.17) is 11.6 Å². The van der Waals surface area contributed by atoms with Crippen molar-refractivity contribution >= 4 is 23.4 Å². The van der Waals surface area contributed by atoms with Crippen LogP contribution < -0.4 is 5.32 Å². The molecule has 1 aromatic carbocycles. The number of hydrogen-bond acceptors (Lipinski definition) is 2. The molecule has 1 saturated carbocycles. The van der Waals surface area contributed by atoms with Gasteiger partial charge < -0.3 is 5.32 Å². The van der Waals surface area contributed by atoms with Gasteiger partial charge in [-0.3, -0.25) is 0 Å². The van der Waals surface area contributed by atoms with Crippen LogP contribution in [0.3, 0.4) is 0 Å². The Bertz CT molecular complexity index is 411. The second-order valence-corrected chi connectivity index (χ2v) is 7.48. The number of benzene rings is 1. The van der Waals surface area contributed by atoms with Crippen molar-refractivity contribution < 1.29 is 0 Å². The first-order chi connectivity index (χ1) is 9.33. The summed E-state index contributed by atoms with van der Waals surface area (Å²) in [4.78, 5) is 0. The quantitative estimate of drug-likeness (QED) is 0.888. The predicted octanol–water partition coefficient (Wildman–Crippen LogP) is 4.32. The molecular formula is C16H22ClNS. The zero-order valence-electron chi connectivity index (χ0n) is 11.3. The molecule has 1 N–H and O–H groups in total. The maximum Gasteiger partial charge on any atom is 0.0440 e. The maximum atomic E-state index is 6.26. The van der Waals surface area contributed by atoms with Crippen molar-refractivity contribution in [3.8, 4) is 0 Å². The highest BCUT2D eigenvalue weighted by Crippen LogP contribution is 2.40. The predicted molar refractivity (Wildman–Crippen MR) is 85.3 cm³/mol. The molecule has 3 rings (SSSR count). The Balaban J connectivity index is 1.42. The van der Waals surface area contributed by atoms with Gasteiger partial charge in [-0.25, -0.2) is 0 Å². The summed E-state index contributed by atoms with van der Waals surface area (Å²) in [5.74, 6) is 4.31. The molecule has 1 aliphatic heterocycles. The SMILES string of the molecule is Clc1ccccc1C1CC(NCC2CCSCC2)C1. The second kappa shape index (κ2) is 6.51. The lowest BCUT2D eigenvalue weighted by Gasteiger charge is -2.38. The number of thioether (sulfide) groups is 1. The van der Waals surface area contributed by atoms with Crippen molar-refractivity contribution in [3.63, 3.8) is 0 Å². The lowest BCUT2D eigenvalue weighted by atomic mass is 9.75. The third kappa shape index (κ3) is 3.48. The van der Waals surface area contributed by atoms with Crippen LogP contribution in [0, 0.1) is 5.92 Å². The van der Waals surface area contributed by atoms with Crippen LogP contribution in [0.25, 0.3) is 0 Å². The fourth-order valence-electron chi connectivity index (χ4n) is 3.13. The van der Waals surface area contributed by atoms with E-state index in [0.717, 1.165) is 17.0 Å². The van der Waals surface area contributed by atoms with Crippen LogP contribution >= 0.6 is 23.4 Å². The Morgan fingerprint density at radius 1 is 1.16 bits per heavy atom. The van der Waals surface area contributed by atoms with E-state index < -0.39 is 0 Å². The lowest BCUT2D eigenvalue weighted by molar-refractivity contribution is 0.272. The molecule has 3 heteroatoms. The average molecular weight is 296 g/mol. The molecule has 0 amide bonds. The summed E-state index contributed by atoms with van der Waals surface area (Å²) >= 11 is 8.37. The summed E-state index contributed by atoms with van der Waals surface area (Å²) in [5.41, 5.74) is 1.34. The van der Waals surface area contributed by atoms with Gasteiger partial charge in [-0.2, -0.15) is 11.8 Å². The van der Waals surface area contributed by atoms with Gasteiger partial charge in [0.25, 0.3) is 0 Å². The van der Waals surface area contributed by atoms with Gasteiger partial charge in [0.05, 0.1) is 0 Å². The Kier molecular flexibility index (Phi) is 4.73. The monoisotopic (exact) mass is 295 g/mol. The van der Waals surface area contributed by atoms with Crippen LogP contribution in [0.5, 0.6) is 0 Å². The van der Waals surface area contributed by atoms with Gasteiger partial charge in [0, 0.05) is 11.1 Å². The standard InChI is InChI=1S/C16H22ClNS/c17-16-4-2-1-3-15(16)13-9-14(10-13)18-11-12-5-7-19-8-6-12/h1-4,12-14,18H,5-11H2. The number of rotatable bonds is 4. The van der Waals surface area contributed by atoms with Crippen LogP contribution in [0.15, 0.2) is 24.3 Å². The third-order valence-corrected chi connectivity index (χ3v) is 5.91. The molecule has 1 heterocycles. The molecule has 0 radical (unpaired) electrons. The highest BCUT2D eigenvalue weighted by Gasteiger charge is 2.31. The highest BCUT2D eigenvalue weighted by atomic mass is 35.5. The fourth-order valence-corrected chi connectivity index (χ4v) is 4.62. The van der Waals surface area contributed by atoms with Gasteiger partial charge in [-0.1, -0.05) is 29.8 Å². The Morgan fingerprint density at radius 2 is 1.89 bits per heavy atom. The van der Waals surface area contributed by atoms with Crippen molar-refractivity contribution in [1.29, 1.82) is 0 Å². The van der Waals surface area contributed by atoms with Crippen molar-refractivity contribution in [2.24, 2.45) is 5.92 Å². The van der Waals surface area contributed by atoms with Crippen molar-refractivity contribution in [2.45, 2.75) is 37.6 Å². The molecule has 1 aliphatic carbocycles. The zero-order valence-corrected chi connectivity index (χ0v) is 12.8. The fraction of sp³-hybridized carbons (Fsp3) is 0.625. The molecule has 104 valence electrons. The van der Waals surface area contributed by atoms with E-state index in [1.165, 1.54) is 49.3 Å². The maximum absolute atomic E-state index is 6.26. The number of nitrogens with one attached hydrogen (secondary N) is 1. The van der Waals surface area contributed by atoms with Crippen molar-refractivity contribution in [2.75, 3.05) is 18.1 Å². The van der Waals surface area contributed by atoms with Gasteiger partial charge in [0.15, 0.2) is 0 Å². The summed E-state index contributed by atoms with van der Waals surface area (Å²) in [6.07, 6.45) is 5.31. The molecule has 1 aromatic rings. The molecule has 0 unspecified atom stereocenters. The smallest absolute Gasteiger partial charge is 0.0440 e. The summed E-state index contributed by atoms with van der Waals surface area (Å²) in [7, 11) is 0. The topological polar surface area (TPSA) is 12.0 Å². The minimum Gasteiger partial charge on any atom is -0.314 e. The van der Waals surface area contributed by atoms with Gasteiger partial charge in [0.1, 0.15) is 0 Å². The minimum absolute atomic E-state index is 0.674. The Labute approximate surface area is 125 Å². The highest BCUT2D eigenvalue weighted by molar-refractivity contribution is 7.99. The van der Waals surface area contributed by atoms with E-state index in [2.05, 4.69) is 29.2 Å². The first-order valence-electron chi connectivity index (χ1n) is 7.38. The van der Waals surface area contributed by atoms with E-state index in [1.54, 1.807) is 0 Å². The van der Waals surface area contributed by atoms with Crippen molar-refractivity contribution in [1.82, 2.24) is 5.32 Å². The minimum atomic E-state index is 0.674. The van der Waals surface area contributed by atoms with Crippen LogP contribution in [-0.4, -0.2) is 24.1 Å². The zero-order chi connectivity index (χ0) is 13.1. The summed E-state index contributed by atoms with van der Waals surface area (Å²) in [6, 6.07) is 9.03. The molecular weight excluding hydrogens is 274 g/mol. The average Bonchev–Trinajstić information content (AvgIpc) is 2.40. The molecule has 0 aromatic heterocycles. The van der Waals surface area contributed by atoms with E-state index in [1.807, 2.05) is 12.1 Å². The third-order valence-electron chi connectivity index (χ3n) is 4.52. The van der Waals surface area contributed by atoms with E-state index in [-0.39, 0.29) is 0 Å². The first kappa shape index (κ1) is 13.8. The molecule has 0 spiro atoms. The van der Waals surface area contributed by atoms with Crippen LogP contribution in [0.4, 0.5) is 0 Å². The van der Waals surface area contributed by atoms with Crippen LogP contribution in [-0.2, 0) is 0 Å². The largest absolute Gasteiger partial charge is 0.314 e. The summed E-state index contributed by atoms with van der Waals surface area (Å²) in [6.45, 7) is 1.22. The Morgan fingerprint density at radius 3 is 2.63 bits per heavy atom. The lowest BCUT2D eigenvalue weighted by Crippen LogP contribution is -2.42. The van der Waals surface area contributed by atoms with E-state index in [9.17, 15) is 0 Å². The first-order valence-corrected chi connectivity index (χ1v) is 8.91.